The van der Waals surface area contributed by atoms with E-state index in [0.717, 1.165) is 17.8 Å². The van der Waals surface area contributed by atoms with Crippen molar-refractivity contribution in [3.05, 3.63) is 40.3 Å². The summed E-state index contributed by atoms with van der Waals surface area (Å²) in [7, 11) is 0. The monoisotopic (exact) mass is 334 g/mol. The van der Waals surface area contributed by atoms with Gasteiger partial charge in [-0.1, -0.05) is 36.5 Å². The van der Waals surface area contributed by atoms with Crippen molar-refractivity contribution in [2.24, 2.45) is 0 Å². The minimum atomic E-state index is -0.319. The number of nitrogens with one attached hydrogen (secondary N) is 2. The summed E-state index contributed by atoms with van der Waals surface area (Å²) in [5, 5.41) is 14.0. The van der Waals surface area contributed by atoms with Crippen LogP contribution in [0.15, 0.2) is 30.3 Å². The van der Waals surface area contributed by atoms with E-state index in [1.807, 2.05) is 25.1 Å². The molecule has 0 spiro atoms. The quantitative estimate of drug-likeness (QED) is 0.768. The van der Waals surface area contributed by atoms with Gasteiger partial charge < -0.3 is 15.4 Å². The van der Waals surface area contributed by atoms with Gasteiger partial charge in [0.25, 0.3) is 5.91 Å². The van der Waals surface area contributed by atoms with Gasteiger partial charge in [0.2, 0.25) is 10.9 Å². The van der Waals surface area contributed by atoms with E-state index in [4.69, 9.17) is 4.74 Å². The average Bonchev–Trinajstić information content (AvgIpc) is 3.03. The maximum Gasteiger partial charge on any atom is 0.286 e. The molecule has 0 saturated carbocycles. The van der Waals surface area contributed by atoms with E-state index in [1.165, 1.54) is 0 Å². The number of aromatic nitrogens is 2. The molecule has 0 bridgehead atoms. The second kappa shape index (κ2) is 8.96. The number of hydrogen-bond donors (Lipinski definition) is 2. The summed E-state index contributed by atoms with van der Waals surface area (Å²) < 4.78 is 5.25. The summed E-state index contributed by atoms with van der Waals surface area (Å²) in [6, 6.07) is 9.11. The third-order valence-corrected chi connectivity index (χ3v) is 3.62. The van der Waals surface area contributed by atoms with Gasteiger partial charge in [-0.25, -0.2) is 0 Å². The number of rotatable bonds is 8. The summed E-state index contributed by atoms with van der Waals surface area (Å²) in [6.45, 7) is 2.72. The highest BCUT2D eigenvalue weighted by Gasteiger charge is 2.13. The number of carbonyl (C=O) groups excluding carboxylic acids is 2. The van der Waals surface area contributed by atoms with Crippen LogP contribution in [-0.4, -0.2) is 35.2 Å². The van der Waals surface area contributed by atoms with E-state index in [0.29, 0.717) is 17.2 Å². The van der Waals surface area contributed by atoms with Crippen LogP contribution in [0.1, 0.15) is 28.2 Å². The number of benzene rings is 1. The molecule has 23 heavy (non-hydrogen) atoms. The predicted molar refractivity (Wildman–Crippen MR) is 87.3 cm³/mol. The first kappa shape index (κ1) is 17.0. The Hall–Kier alpha value is -2.32. The van der Waals surface area contributed by atoms with Gasteiger partial charge in [-0.2, -0.15) is 0 Å². The number of ether oxygens (including phenoxy) is 1. The summed E-state index contributed by atoms with van der Waals surface area (Å²) in [4.78, 5) is 23.4. The lowest BCUT2D eigenvalue weighted by Crippen LogP contribution is -2.28. The Bertz CT molecular complexity index is 645. The molecule has 0 atom stereocenters. The molecule has 0 fully saturated rings. The highest BCUT2D eigenvalue weighted by molar-refractivity contribution is 7.13. The van der Waals surface area contributed by atoms with Crippen LogP contribution in [0.3, 0.4) is 0 Å². The molecule has 2 aromatic rings. The van der Waals surface area contributed by atoms with Crippen LogP contribution >= 0.6 is 11.3 Å². The van der Waals surface area contributed by atoms with E-state index in [-0.39, 0.29) is 30.0 Å². The van der Waals surface area contributed by atoms with E-state index < -0.39 is 0 Å². The molecule has 8 heteroatoms. The topological polar surface area (TPSA) is 93.2 Å². The van der Waals surface area contributed by atoms with Crippen molar-refractivity contribution in [3.63, 3.8) is 0 Å². The fourth-order valence-electron chi connectivity index (χ4n) is 1.66. The first-order valence-corrected chi connectivity index (χ1v) is 8.04. The lowest BCUT2D eigenvalue weighted by molar-refractivity contribution is -0.126. The van der Waals surface area contributed by atoms with E-state index in [2.05, 4.69) is 20.8 Å². The van der Waals surface area contributed by atoms with Crippen LogP contribution in [0.2, 0.25) is 0 Å². The van der Waals surface area contributed by atoms with Gasteiger partial charge >= 0.3 is 0 Å². The molecule has 2 N–H and O–H groups in total. The van der Waals surface area contributed by atoms with Crippen molar-refractivity contribution in [1.82, 2.24) is 15.5 Å². The molecule has 0 aliphatic carbocycles. The van der Waals surface area contributed by atoms with Crippen LogP contribution in [0, 0.1) is 0 Å². The lowest BCUT2D eigenvalue weighted by atomic mass is 10.3. The summed E-state index contributed by atoms with van der Waals surface area (Å²) in [5.41, 5.74) is 0.693. The second-order valence-corrected chi connectivity index (χ2v) is 5.73. The van der Waals surface area contributed by atoms with Crippen LogP contribution in [0.5, 0.6) is 0 Å². The molecule has 0 unspecified atom stereocenters. The smallest absolute Gasteiger partial charge is 0.286 e. The molecule has 1 aromatic carbocycles. The van der Waals surface area contributed by atoms with Gasteiger partial charge in [0, 0.05) is 12.2 Å². The van der Waals surface area contributed by atoms with Crippen LogP contribution in [0.4, 0.5) is 5.69 Å². The molecule has 0 aliphatic heterocycles. The van der Waals surface area contributed by atoms with Crippen molar-refractivity contribution < 1.29 is 14.3 Å². The molecule has 7 nitrogen and oxygen atoms in total. The number of anilines is 1. The molecule has 0 aliphatic rings. The molecule has 1 aromatic heterocycles. The second-order valence-electron chi connectivity index (χ2n) is 4.66. The van der Waals surface area contributed by atoms with Crippen molar-refractivity contribution in [1.29, 1.82) is 0 Å². The van der Waals surface area contributed by atoms with Crippen molar-refractivity contribution in [2.45, 2.75) is 20.0 Å². The first-order chi connectivity index (χ1) is 11.2. The fourth-order valence-corrected chi connectivity index (χ4v) is 2.33. The highest BCUT2D eigenvalue weighted by Crippen LogP contribution is 2.13. The zero-order valence-electron chi connectivity index (χ0n) is 12.7. The fraction of sp³-hybridized carbons (Fsp3) is 0.333. The SMILES string of the molecule is CCCNC(=O)COCc1nnc(C(=O)Nc2ccccc2)s1. The third kappa shape index (κ3) is 5.76. The summed E-state index contributed by atoms with van der Waals surface area (Å²) >= 11 is 1.14. The maximum atomic E-state index is 12.0. The zero-order chi connectivity index (χ0) is 16.5. The molecular formula is C15H18N4O3S. The van der Waals surface area contributed by atoms with Gasteiger partial charge in [0.15, 0.2) is 0 Å². The third-order valence-electron chi connectivity index (χ3n) is 2.72. The Labute approximate surface area is 138 Å². The summed E-state index contributed by atoms with van der Waals surface area (Å²) in [5.74, 6) is -0.487. The number of amides is 2. The standard InChI is InChI=1S/C15H18N4O3S/c1-2-8-16-12(20)9-22-10-13-18-19-15(23-13)14(21)17-11-6-4-3-5-7-11/h3-7H,2,8-10H2,1H3,(H,16,20)(H,17,21). The maximum absolute atomic E-state index is 12.0. The number of hydrogen-bond acceptors (Lipinski definition) is 6. The average molecular weight is 334 g/mol. The molecule has 1 heterocycles. The van der Waals surface area contributed by atoms with Crippen molar-refractivity contribution in [3.8, 4) is 0 Å². The van der Waals surface area contributed by atoms with E-state index in [1.54, 1.807) is 12.1 Å². The van der Waals surface area contributed by atoms with Gasteiger partial charge in [-0.05, 0) is 18.6 Å². The lowest BCUT2D eigenvalue weighted by Gasteiger charge is -2.03. The number of nitrogens with zero attached hydrogens (tertiary/aromatic N) is 2. The van der Waals surface area contributed by atoms with E-state index >= 15 is 0 Å². The van der Waals surface area contributed by atoms with E-state index in [9.17, 15) is 9.59 Å². The molecule has 0 saturated heterocycles. The number of carbonyl (C=O) groups is 2. The Morgan fingerprint density at radius 2 is 2.00 bits per heavy atom. The Kier molecular flexibility index (Phi) is 6.64. The van der Waals surface area contributed by atoms with Crippen molar-refractivity contribution >= 4 is 28.8 Å². The predicted octanol–water partition coefficient (Wildman–Crippen LogP) is 1.83. The minimum Gasteiger partial charge on any atom is -0.364 e. The minimum absolute atomic E-state index is 0.0366. The Morgan fingerprint density at radius 1 is 1.22 bits per heavy atom. The van der Waals surface area contributed by atoms with Crippen LogP contribution in [-0.2, 0) is 16.1 Å². The largest absolute Gasteiger partial charge is 0.364 e. The van der Waals surface area contributed by atoms with Gasteiger partial charge in [0.1, 0.15) is 18.2 Å². The van der Waals surface area contributed by atoms with Crippen LogP contribution < -0.4 is 10.6 Å². The first-order valence-electron chi connectivity index (χ1n) is 7.22. The Morgan fingerprint density at radius 3 is 2.74 bits per heavy atom. The normalized spacial score (nSPS) is 10.3. The van der Waals surface area contributed by atoms with Gasteiger partial charge in [-0.3, -0.25) is 9.59 Å². The van der Waals surface area contributed by atoms with Crippen molar-refractivity contribution in [2.75, 3.05) is 18.5 Å². The zero-order valence-corrected chi connectivity index (χ0v) is 13.6. The molecular weight excluding hydrogens is 316 g/mol. The van der Waals surface area contributed by atoms with Gasteiger partial charge in [0.05, 0.1) is 0 Å². The Balaban J connectivity index is 1.79. The molecule has 0 radical (unpaired) electrons. The molecule has 2 rings (SSSR count). The molecule has 2 amide bonds. The highest BCUT2D eigenvalue weighted by atomic mass is 32.1. The van der Waals surface area contributed by atoms with Crippen LogP contribution in [0.25, 0.3) is 0 Å². The van der Waals surface area contributed by atoms with Gasteiger partial charge in [-0.15, -0.1) is 10.2 Å². The molecule has 122 valence electrons. The number of para-hydroxylation sites is 1. The summed E-state index contributed by atoms with van der Waals surface area (Å²) in [6.07, 6.45) is 0.877.